The van der Waals surface area contributed by atoms with Gasteiger partial charge in [0.2, 0.25) is 0 Å². The predicted molar refractivity (Wildman–Crippen MR) is 137 cm³/mol. The molecule has 0 spiro atoms. The number of Topliss-reactive ketones (excluding diaryl/α,β-unsaturated/α-hetero) is 1. The number of hydrogen-bond donors (Lipinski definition) is 0. The Morgan fingerprint density at radius 1 is 0.917 bits per heavy atom. The number of carbonyl (C=O) groups is 2. The molecule has 4 rings (SSSR count). The average Bonchev–Trinajstić information content (AvgIpc) is 2.86. The number of rotatable bonds is 7. The molecule has 3 atom stereocenters. The Labute approximate surface area is 212 Å². The van der Waals surface area contributed by atoms with Gasteiger partial charge >= 0.3 is 5.97 Å². The number of carbonyl (C=O) groups excluding carboxylic acids is 2. The van der Waals surface area contributed by atoms with Crippen molar-refractivity contribution in [3.05, 3.63) is 64.9 Å². The molecule has 2 aromatic carbocycles. The Morgan fingerprint density at radius 2 is 1.58 bits per heavy atom. The van der Waals surface area contributed by atoms with Gasteiger partial charge in [0, 0.05) is 35.4 Å². The topological polar surface area (TPSA) is 83.4 Å². The molecule has 190 valence electrons. The Kier molecular flexibility index (Phi) is 7.48. The van der Waals surface area contributed by atoms with Crippen molar-refractivity contribution in [1.82, 2.24) is 0 Å². The molecule has 0 radical (unpaired) electrons. The van der Waals surface area contributed by atoms with Gasteiger partial charge in [0.1, 0.15) is 23.0 Å². The highest BCUT2D eigenvalue weighted by molar-refractivity contribution is 6.12. The molecule has 3 unspecified atom stereocenters. The fourth-order valence-corrected chi connectivity index (χ4v) is 5.24. The lowest BCUT2D eigenvalue weighted by Crippen LogP contribution is -2.41. The minimum Gasteiger partial charge on any atom is -0.497 e. The van der Waals surface area contributed by atoms with Crippen LogP contribution >= 0.6 is 0 Å². The molecule has 0 bridgehead atoms. The van der Waals surface area contributed by atoms with Gasteiger partial charge in [0.25, 0.3) is 0 Å². The van der Waals surface area contributed by atoms with E-state index in [1.807, 2.05) is 43.3 Å². The van der Waals surface area contributed by atoms with Crippen LogP contribution in [0.15, 0.2) is 58.7 Å². The molecule has 7 heteroatoms. The van der Waals surface area contributed by atoms with Crippen LogP contribution in [0.4, 0.5) is 0 Å². The van der Waals surface area contributed by atoms with Crippen LogP contribution in [-0.4, -0.2) is 44.9 Å². The van der Waals surface area contributed by atoms with Crippen LogP contribution in [0.3, 0.4) is 0 Å². The first-order valence-corrected chi connectivity index (χ1v) is 12.1. The molecule has 1 heterocycles. The monoisotopic (exact) mass is 491 g/mol. The lowest BCUT2D eigenvalue weighted by molar-refractivity contribution is -0.143. The maximum absolute atomic E-state index is 13.8. The molecular weight excluding hydrogens is 458 g/mol. The summed E-state index contributed by atoms with van der Waals surface area (Å²) < 4.78 is 21.9. The van der Waals surface area contributed by atoms with Gasteiger partial charge in [0.05, 0.1) is 38.9 Å². The highest BCUT2D eigenvalue weighted by atomic mass is 16.5. The summed E-state index contributed by atoms with van der Waals surface area (Å²) >= 11 is 0. The number of ketones is 1. The summed E-state index contributed by atoms with van der Waals surface area (Å²) in [5.74, 6) is 0.412. The minimum atomic E-state index is -0.569. The Bertz CT molecular complexity index is 1210. The summed E-state index contributed by atoms with van der Waals surface area (Å²) in [5, 5.41) is 0. The number of benzene rings is 2. The summed E-state index contributed by atoms with van der Waals surface area (Å²) in [7, 11) is 4.78. The van der Waals surface area contributed by atoms with Gasteiger partial charge in [-0.2, -0.15) is 0 Å². The third-order valence-electron chi connectivity index (χ3n) is 6.88. The van der Waals surface area contributed by atoms with Crippen molar-refractivity contribution in [2.75, 3.05) is 21.3 Å². The fourth-order valence-electron chi connectivity index (χ4n) is 5.24. The van der Waals surface area contributed by atoms with Crippen molar-refractivity contribution in [2.24, 2.45) is 10.9 Å². The Hall–Kier alpha value is -3.61. The summed E-state index contributed by atoms with van der Waals surface area (Å²) in [4.78, 5) is 31.9. The predicted octanol–water partition coefficient (Wildman–Crippen LogP) is 5.24. The first-order chi connectivity index (χ1) is 17.3. The number of methoxy groups -OCH3 is 3. The standard InChI is InChI=1S/C29H33NO6/c1-16(2)36-29(32)26-17(3)30-23-13-19(18-7-9-20(33-4)10-8-18)14-24(31)28(23)27(26)22-12-11-21(34-5)15-25(22)35-6/h7-12,15-16,19,27-28H,13-14H2,1-6H3. The molecule has 1 fully saturated rings. The molecule has 0 N–H and O–H groups in total. The maximum Gasteiger partial charge on any atom is 0.336 e. The second-order valence-electron chi connectivity index (χ2n) is 9.46. The van der Waals surface area contributed by atoms with Crippen molar-refractivity contribution in [3.63, 3.8) is 0 Å². The highest BCUT2D eigenvalue weighted by Crippen LogP contribution is 2.48. The van der Waals surface area contributed by atoms with E-state index in [2.05, 4.69) is 0 Å². The number of ether oxygens (including phenoxy) is 4. The van der Waals surface area contributed by atoms with Gasteiger partial charge in [-0.1, -0.05) is 18.2 Å². The van der Waals surface area contributed by atoms with Crippen molar-refractivity contribution < 1.29 is 28.5 Å². The van der Waals surface area contributed by atoms with E-state index in [0.29, 0.717) is 35.6 Å². The Morgan fingerprint density at radius 3 is 2.19 bits per heavy atom. The quantitative estimate of drug-likeness (QED) is 0.493. The normalized spacial score (nSPS) is 21.6. The molecule has 0 aromatic heterocycles. The van der Waals surface area contributed by atoms with Gasteiger partial charge in [-0.3, -0.25) is 9.79 Å². The molecular formula is C29H33NO6. The van der Waals surface area contributed by atoms with E-state index in [9.17, 15) is 9.59 Å². The largest absolute Gasteiger partial charge is 0.497 e. The highest BCUT2D eigenvalue weighted by Gasteiger charge is 2.47. The lowest BCUT2D eigenvalue weighted by Gasteiger charge is -2.38. The molecule has 1 aliphatic heterocycles. The van der Waals surface area contributed by atoms with Crippen LogP contribution < -0.4 is 14.2 Å². The third kappa shape index (κ3) is 4.87. The van der Waals surface area contributed by atoms with Crippen LogP contribution in [0.1, 0.15) is 56.6 Å². The van der Waals surface area contributed by atoms with E-state index in [1.54, 1.807) is 41.2 Å². The van der Waals surface area contributed by atoms with E-state index in [1.165, 1.54) is 0 Å². The second-order valence-corrected chi connectivity index (χ2v) is 9.46. The average molecular weight is 492 g/mol. The van der Waals surface area contributed by atoms with Crippen LogP contribution in [0.25, 0.3) is 0 Å². The minimum absolute atomic E-state index is 0.00813. The first kappa shape index (κ1) is 25.5. The SMILES string of the molecule is COc1ccc(C2CC(=O)C3C(=NC(C)=C(C(=O)OC(C)C)C3c3ccc(OC)cc3OC)C2)cc1. The molecule has 7 nitrogen and oxygen atoms in total. The number of allylic oxidation sites excluding steroid dienone is 1. The molecule has 0 amide bonds. The first-order valence-electron chi connectivity index (χ1n) is 12.1. The zero-order chi connectivity index (χ0) is 26.0. The summed E-state index contributed by atoms with van der Waals surface area (Å²) in [6.45, 7) is 5.42. The van der Waals surface area contributed by atoms with E-state index in [0.717, 1.165) is 22.6 Å². The molecule has 0 saturated heterocycles. The molecule has 2 aliphatic rings. The zero-order valence-electron chi connectivity index (χ0n) is 21.7. The number of aliphatic imine (C=N–C) groups is 1. The van der Waals surface area contributed by atoms with Crippen LogP contribution in [0.5, 0.6) is 17.2 Å². The maximum atomic E-state index is 13.8. The van der Waals surface area contributed by atoms with Crippen LogP contribution in [-0.2, 0) is 14.3 Å². The van der Waals surface area contributed by atoms with Gasteiger partial charge in [0.15, 0.2) is 0 Å². The van der Waals surface area contributed by atoms with Gasteiger partial charge in [-0.25, -0.2) is 4.79 Å². The summed E-state index contributed by atoms with van der Waals surface area (Å²) in [6, 6.07) is 13.3. The lowest BCUT2D eigenvalue weighted by atomic mass is 9.66. The zero-order valence-corrected chi connectivity index (χ0v) is 21.7. The van der Waals surface area contributed by atoms with E-state index < -0.39 is 17.8 Å². The molecule has 1 aliphatic carbocycles. The number of nitrogens with zero attached hydrogens (tertiary/aromatic N) is 1. The number of esters is 1. The van der Waals surface area contributed by atoms with E-state index >= 15 is 0 Å². The summed E-state index contributed by atoms with van der Waals surface area (Å²) in [6.07, 6.45) is 0.682. The molecule has 36 heavy (non-hydrogen) atoms. The smallest absolute Gasteiger partial charge is 0.336 e. The van der Waals surface area contributed by atoms with Gasteiger partial charge < -0.3 is 18.9 Å². The van der Waals surface area contributed by atoms with E-state index in [4.69, 9.17) is 23.9 Å². The van der Waals surface area contributed by atoms with Crippen molar-refractivity contribution in [2.45, 2.75) is 51.6 Å². The van der Waals surface area contributed by atoms with Crippen molar-refractivity contribution >= 4 is 17.5 Å². The number of hydrogen-bond acceptors (Lipinski definition) is 7. The Balaban J connectivity index is 1.81. The molecule has 2 aromatic rings. The van der Waals surface area contributed by atoms with E-state index in [-0.39, 0.29) is 17.8 Å². The van der Waals surface area contributed by atoms with Crippen molar-refractivity contribution in [3.8, 4) is 17.2 Å². The second kappa shape index (κ2) is 10.6. The van der Waals surface area contributed by atoms with Crippen molar-refractivity contribution in [1.29, 1.82) is 0 Å². The molecule has 1 saturated carbocycles. The summed E-state index contributed by atoms with van der Waals surface area (Å²) in [5.41, 5.74) is 3.56. The third-order valence-corrected chi connectivity index (χ3v) is 6.88. The van der Waals surface area contributed by atoms with Crippen LogP contribution in [0.2, 0.25) is 0 Å². The van der Waals surface area contributed by atoms with Gasteiger partial charge in [-0.05, 0) is 56.9 Å². The van der Waals surface area contributed by atoms with Gasteiger partial charge in [-0.15, -0.1) is 0 Å². The fraction of sp³-hybridized carbons (Fsp3) is 0.414. The van der Waals surface area contributed by atoms with Crippen LogP contribution in [0, 0.1) is 5.92 Å². The number of fused-ring (bicyclic) bond motifs is 1.